The van der Waals surface area contributed by atoms with Crippen LogP contribution in [0, 0.1) is 23.7 Å². The molecule has 56 heavy (non-hydrogen) atoms. The summed E-state index contributed by atoms with van der Waals surface area (Å²) in [4.78, 5) is 68.2. The largest absolute Gasteiger partial charge is 0.344 e. The minimum absolute atomic E-state index is 0.00167. The van der Waals surface area contributed by atoms with E-state index in [2.05, 4.69) is 59.2 Å². The van der Waals surface area contributed by atoms with Gasteiger partial charge in [-0.1, -0.05) is 76.2 Å². The summed E-state index contributed by atoms with van der Waals surface area (Å²) < 4.78 is 0. The summed E-state index contributed by atoms with van der Waals surface area (Å²) >= 11 is 3.28. The van der Waals surface area contributed by atoms with Crippen LogP contribution in [0.3, 0.4) is 0 Å². The molecule has 4 fully saturated rings. The number of amides is 4. The van der Waals surface area contributed by atoms with Crippen molar-refractivity contribution in [1.82, 2.24) is 30.4 Å². The van der Waals surface area contributed by atoms with E-state index in [0.29, 0.717) is 13.1 Å². The number of hydrogen-bond acceptors (Lipinski definition) is 8. The number of thiazole rings is 2. The fourth-order valence-corrected chi connectivity index (χ4v) is 10.1. The molecule has 2 saturated carbocycles. The molecule has 4 amide bonds. The van der Waals surface area contributed by atoms with Crippen molar-refractivity contribution in [2.45, 2.75) is 103 Å². The van der Waals surface area contributed by atoms with Crippen LogP contribution in [0.15, 0.2) is 60.9 Å². The highest BCUT2D eigenvalue weighted by atomic mass is 32.1. The van der Waals surface area contributed by atoms with Gasteiger partial charge < -0.3 is 20.4 Å². The van der Waals surface area contributed by atoms with E-state index in [9.17, 15) is 19.2 Å². The van der Waals surface area contributed by atoms with Gasteiger partial charge in [-0.3, -0.25) is 19.2 Å². The third kappa shape index (κ3) is 8.18. The van der Waals surface area contributed by atoms with E-state index in [0.717, 1.165) is 93.4 Å². The van der Waals surface area contributed by atoms with Gasteiger partial charge in [0.2, 0.25) is 23.6 Å². The van der Waals surface area contributed by atoms with Gasteiger partial charge >= 0.3 is 0 Å². The van der Waals surface area contributed by atoms with Crippen molar-refractivity contribution in [2.75, 3.05) is 13.1 Å². The number of aromatic nitrogens is 2. The molecule has 8 rings (SSSR count). The van der Waals surface area contributed by atoms with Gasteiger partial charge in [0.05, 0.1) is 21.8 Å². The molecular weight excluding hydrogens is 741 g/mol. The summed E-state index contributed by atoms with van der Waals surface area (Å²) in [6.07, 6.45) is 11.1. The Morgan fingerprint density at radius 2 is 0.929 bits per heavy atom. The molecule has 10 nitrogen and oxygen atoms in total. The van der Waals surface area contributed by atoms with Gasteiger partial charge in [-0.25, -0.2) is 9.97 Å². The predicted octanol–water partition coefficient (Wildman–Crippen LogP) is 8.03. The number of rotatable bonds is 13. The Labute approximate surface area is 337 Å². The Bertz CT molecular complexity index is 1920. The van der Waals surface area contributed by atoms with Crippen molar-refractivity contribution in [3.05, 3.63) is 70.9 Å². The molecule has 2 aromatic heterocycles. The standard InChI is InChI=1S/C44H52N6O4S2/c1-25(2)37(47-39(51)31-17-18-31)43(53)49-21-5-7-33(49)41-45-23-35(55-41)29-13-9-27(10-14-29)28-11-15-30(16-12-28)36-24-46-42(56-36)34-8-6-22-50(34)44(54)38(26(3)4)48-40(52)32-19-20-32/h9-16,23-26,31-34,37-38H,5-8,17-22H2,1-4H3,(H,47,51)(H,48,52)/t33-,34-,37+,38+/m0/s1. The molecule has 2 aromatic carbocycles. The van der Waals surface area contributed by atoms with E-state index in [1.807, 2.05) is 49.9 Å². The Hall–Kier alpha value is -4.42. The zero-order valence-corrected chi connectivity index (χ0v) is 34.3. The lowest BCUT2D eigenvalue weighted by molar-refractivity contribution is -0.139. The molecule has 2 N–H and O–H groups in total. The first-order valence-electron chi connectivity index (χ1n) is 20.4. The molecule has 0 radical (unpaired) electrons. The average molecular weight is 793 g/mol. The normalized spacial score (nSPS) is 20.8. The number of likely N-dealkylation sites (tertiary alicyclic amines) is 2. The molecule has 4 aliphatic rings. The highest BCUT2D eigenvalue weighted by Gasteiger charge is 2.41. The fourth-order valence-electron chi connectivity index (χ4n) is 8.00. The third-order valence-corrected chi connectivity index (χ3v) is 14.0. The minimum Gasteiger partial charge on any atom is -0.344 e. The van der Waals surface area contributed by atoms with Crippen LogP contribution in [-0.4, -0.2) is 68.6 Å². The second-order valence-electron chi connectivity index (χ2n) is 16.7. The third-order valence-electron chi connectivity index (χ3n) is 11.7. The maximum Gasteiger partial charge on any atom is 0.246 e. The molecule has 12 heteroatoms. The highest BCUT2D eigenvalue weighted by Crippen LogP contribution is 2.41. The summed E-state index contributed by atoms with van der Waals surface area (Å²) in [7, 11) is 0. The quantitative estimate of drug-likeness (QED) is 0.141. The van der Waals surface area contributed by atoms with Gasteiger partial charge in [0, 0.05) is 37.3 Å². The predicted molar refractivity (Wildman–Crippen MR) is 220 cm³/mol. The van der Waals surface area contributed by atoms with Crippen LogP contribution in [0.2, 0.25) is 0 Å². The number of nitrogens with zero attached hydrogens (tertiary/aromatic N) is 4. The van der Waals surface area contributed by atoms with E-state index >= 15 is 0 Å². The van der Waals surface area contributed by atoms with Gasteiger partial charge in [-0.05, 0) is 85.5 Å². The lowest BCUT2D eigenvalue weighted by Crippen LogP contribution is -2.51. The van der Waals surface area contributed by atoms with Crippen molar-refractivity contribution in [3.8, 4) is 32.0 Å². The van der Waals surface area contributed by atoms with Crippen molar-refractivity contribution < 1.29 is 19.2 Å². The maximum atomic E-state index is 13.7. The van der Waals surface area contributed by atoms with Gasteiger partial charge in [0.1, 0.15) is 22.1 Å². The van der Waals surface area contributed by atoms with Crippen LogP contribution in [-0.2, 0) is 19.2 Å². The first-order valence-corrected chi connectivity index (χ1v) is 22.0. The van der Waals surface area contributed by atoms with E-state index < -0.39 is 12.1 Å². The maximum absolute atomic E-state index is 13.7. The van der Waals surface area contributed by atoms with E-state index in [1.54, 1.807) is 22.7 Å². The fraction of sp³-hybridized carbons (Fsp3) is 0.500. The lowest BCUT2D eigenvalue weighted by Gasteiger charge is -2.30. The Morgan fingerprint density at radius 1 is 0.571 bits per heavy atom. The molecule has 4 atom stereocenters. The number of carbonyl (C=O) groups is 4. The molecular formula is C44H52N6O4S2. The van der Waals surface area contributed by atoms with Crippen LogP contribution in [0.25, 0.3) is 32.0 Å². The van der Waals surface area contributed by atoms with Crippen molar-refractivity contribution in [3.63, 3.8) is 0 Å². The smallest absolute Gasteiger partial charge is 0.246 e. The zero-order chi connectivity index (χ0) is 39.1. The molecule has 4 heterocycles. The first kappa shape index (κ1) is 38.5. The lowest BCUT2D eigenvalue weighted by atomic mass is 10.0. The SMILES string of the molecule is CC(C)[C@@H](NC(=O)C1CC1)C(=O)N1CCC[C@H]1c1ncc(-c2ccc(-c3ccc(-c4cnc([C@@H]5CCCN5C(=O)[C@H](NC(=O)C5CC5)C(C)C)s4)cc3)cc2)s1. The second-order valence-corrected chi connectivity index (χ2v) is 18.8. The monoisotopic (exact) mass is 792 g/mol. The first-order chi connectivity index (χ1) is 27.0. The van der Waals surface area contributed by atoms with Crippen molar-refractivity contribution in [2.24, 2.45) is 23.7 Å². The van der Waals surface area contributed by atoms with Gasteiger partial charge in [-0.2, -0.15) is 0 Å². The average Bonchev–Trinajstić information content (AvgIpc) is 3.95. The molecule has 0 unspecified atom stereocenters. The summed E-state index contributed by atoms with van der Waals surface area (Å²) in [5, 5.41) is 7.98. The number of hydrogen-bond donors (Lipinski definition) is 2. The van der Waals surface area contributed by atoms with Crippen LogP contribution in [0.5, 0.6) is 0 Å². The van der Waals surface area contributed by atoms with Crippen LogP contribution < -0.4 is 10.6 Å². The van der Waals surface area contributed by atoms with E-state index in [4.69, 9.17) is 9.97 Å². The Balaban J connectivity index is 0.905. The Kier molecular flexibility index (Phi) is 11.1. The summed E-state index contributed by atoms with van der Waals surface area (Å²) in [5.74, 6) is 0.162. The summed E-state index contributed by atoms with van der Waals surface area (Å²) in [6, 6.07) is 15.9. The van der Waals surface area contributed by atoms with Crippen molar-refractivity contribution >= 4 is 46.3 Å². The van der Waals surface area contributed by atoms with Crippen LogP contribution >= 0.6 is 22.7 Å². The molecule has 4 aromatic rings. The molecule has 0 spiro atoms. The molecule has 2 saturated heterocycles. The molecule has 2 aliphatic heterocycles. The second kappa shape index (κ2) is 16.2. The van der Waals surface area contributed by atoms with Crippen LogP contribution in [0.4, 0.5) is 0 Å². The zero-order valence-electron chi connectivity index (χ0n) is 32.7. The topological polar surface area (TPSA) is 125 Å². The molecule has 0 bridgehead atoms. The summed E-state index contributed by atoms with van der Waals surface area (Å²) in [5.41, 5.74) is 4.40. The number of nitrogens with one attached hydrogen (secondary N) is 2. The summed E-state index contributed by atoms with van der Waals surface area (Å²) in [6.45, 7) is 9.34. The number of benzene rings is 2. The molecule has 294 valence electrons. The van der Waals surface area contributed by atoms with Crippen molar-refractivity contribution in [1.29, 1.82) is 0 Å². The number of carbonyl (C=O) groups excluding carboxylic acids is 4. The van der Waals surface area contributed by atoms with Gasteiger partial charge in [-0.15, -0.1) is 22.7 Å². The van der Waals surface area contributed by atoms with Crippen LogP contribution in [0.1, 0.15) is 101 Å². The van der Waals surface area contributed by atoms with Gasteiger partial charge in [0.25, 0.3) is 0 Å². The minimum atomic E-state index is -0.513. The van der Waals surface area contributed by atoms with Gasteiger partial charge in [0.15, 0.2) is 0 Å². The Morgan fingerprint density at radius 3 is 1.27 bits per heavy atom. The highest BCUT2D eigenvalue weighted by molar-refractivity contribution is 7.15. The van der Waals surface area contributed by atoms with E-state index in [-0.39, 0.29) is 59.4 Å². The molecule has 2 aliphatic carbocycles. The van der Waals surface area contributed by atoms with E-state index in [1.165, 1.54) is 0 Å².